The first kappa shape index (κ1) is 14.5. The molecule has 0 saturated carbocycles. The monoisotopic (exact) mass is 274 g/mol. The Hall–Kier alpha value is -1.54. The molecule has 18 heavy (non-hydrogen) atoms. The Balaban J connectivity index is 2.22. The van der Waals surface area contributed by atoms with Crippen LogP contribution in [0.15, 0.2) is 27.8 Å². The van der Waals surface area contributed by atoms with Crippen LogP contribution < -0.4 is 15.4 Å². The average molecular weight is 274 g/mol. The van der Waals surface area contributed by atoms with Crippen molar-refractivity contribution in [2.24, 2.45) is 4.99 Å². The third-order valence-corrected chi connectivity index (χ3v) is 2.74. The van der Waals surface area contributed by atoms with E-state index in [0.717, 1.165) is 12.0 Å². The summed E-state index contributed by atoms with van der Waals surface area (Å²) in [6.07, 6.45) is 2.72. The molecular formula is C10H18N4O3S. The van der Waals surface area contributed by atoms with Gasteiger partial charge in [-0.15, -0.1) is 0 Å². The highest BCUT2D eigenvalue weighted by atomic mass is 32.2. The first-order valence-electron chi connectivity index (χ1n) is 5.43. The van der Waals surface area contributed by atoms with Gasteiger partial charge in [-0.3, -0.25) is 4.99 Å². The summed E-state index contributed by atoms with van der Waals surface area (Å²) < 4.78 is 29.2. The third-order valence-electron chi connectivity index (χ3n) is 2.02. The van der Waals surface area contributed by atoms with Crippen LogP contribution in [0.25, 0.3) is 0 Å². The number of guanidine groups is 1. The van der Waals surface area contributed by atoms with Crippen LogP contribution in [0.4, 0.5) is 0 Å². The lowest BCUT2D eigenvalue weighted by Crippen LogP contribution is -2.41. The molecule has 0 amide bonds. The molecule has 1 rings (SSSR count). The molecule has 0 radical (unpaired) electrons. The second-order valence-electron chi connectivity index (χ2n) is 3.60. The number of rotatable bonds is 6. The third kappa shape index (κ3) is 6.26. The molecule has 3 N–H and O–H groups in total. The predicted molar refractivity (Wildman–Crippen MR) is 69.8 cm³/mol. The van der Waals surface area contributed by atoms with E-state index >= 15 is 0 Å². The van der Waals surface area contributed by atoms with Crippen LogP contribution in [0.3, 0.4) is 0 Å². The maximum Gasteiger partial charge on any atom is 0.208 e. The van der Waals surface area contributed by atoms with Gasteiger partial charge in [0.05, 0.1) is 19.1 Å². The molecule has 0 aliphatic rings. The minimum Gasteiger partial charge on any atom is -0.467 e. The summed E-state index contributed by atoms with van der Waals surface area (Å²) in [6.45, 7) is 1.28. The minimum absolute atomic E-state index is 0.306. The summed E-state index contributed by atoms with van der Waals surface area (Å²) in [7, 11) is -1.50. The molecule has 1 aromatic heterocycles. The topological polar surface area (TPSA) is 95.7 Å². The Morgan fingerprint density at radius 1 is 1.39 bits per heavy atom. The van der Waals surface area contributed by atoms with Crippen LogP contribution in [-0.2, 0) is 16.6 Å². The van der Waals surface area contributed by atoms with Crippen molar-refractivity contribution in [3.63, 3.8) is 0 Å². The van der Waals surface area contributed by atoms with E-state index in [0.29, 0.717) is 25.6 Å². The molecule has 0 fully saturated rings. The lowest BCUT2D eigenvalue weighted by molar-refractivity contribution is 0.501. The molecule has 0 aliphatic heterocycles. The fourth-order valence-electron chi connectivity index (χ4n) is 1.22. The molecule has 1 heterocycles. The van der Waals surface area contributed by atoms with Crippen molar-refractivity contribution in [2.75, 3.05) is 26.4 Å². The Morgan fingerprint density at radius 2 is 2.17 bits per heavy atom. The number of hydrogen-bond donors (Lipinski definition) is 3. The van der Waals surface area contributed by atoms with E-state index in [-0.39, 0.29) is 0 Å². The van der Waals surface area contributed by atoms with Gasteiger partial charge < -0.3 is 15.1 Å². The van der Waals surface area contributed by atoms with Crippen LogP contribution in [0.2, 0.25) is 0 Å². The Morgan fingerprint density at radius 3 is 2.72 bits per heavy atom. The highest BCUT2D eigenvalue weighted by Gasteiger charge is 2.01. The summed E-state index contributed by atoms with van der Waals surface area (Å²) in [6, 6.07) is 3.66. The van der Waals surface area contributed by atoms with E-state index in [4.69, 9.17) is 4.42 Å². The van der Waals surface area contributed by atoms with Crippen molar-refractivity contribution >= 4 is 16.0 Å². The fourth-order valence-corrected chi connectivity index (χ4v) is 1.69. The second kappa shape index (κ2) is 7.02. The molecule has 0 aromatic carbocycles. The van der Waals surface area contributed by atoms with Crippen molar-refractivity contribution in [1.29, 1.82) is 0 Å². The van der Waals surface area contributed by atoms with E-state index in [9.17, 15) is 8.42 Å². The molecule has 1 aromatic rings. The zero-order chi connectivity index (χ0) is 13.4. The van der Waals surface area contributed by atoms with Gasteiger partial charge >= 0.3 is 0 Å². The molecular weight excluding hydrogens is 256 g/mol. The van der Waals surface area contributed by atoms with E-state index in [2.05, 4.69) is 20.3 Å². The molecule has 7 nitrogen and oxygen atoms in total. The molecule has 0 spiro atoms. The van der Waals surface area contributed by atoms with Crippen molar-refractivity contribution in [1.82, 2.24) is 15.4 Å². The van der Waals surface area contributed by atoms with Crippen molar-refractivity contribution in [3.8, 4) is 0 Å². The van der Waals surface area contributed by atoms with Crippen molar-refractivity contribution in [2.45, 2.75) is 6.54 Å². The summed E-state index contributed by atoms with van der Waals surface area (Å²) in [5, 5.41) is 6.01. The van der Waals surface area contributed by atoms with Gasteiger partial charge in [0.15, 0.2) is 5.96 Å². The summed E-state index contributed by atoms with van der Waals surface area (Å²) in [4.78, 5) is 4.00. The number of furan rings is 1. The second-order valence-corrected chi connectivity index (χ2v) is 5.43. The largest absolute Gasteiger partial charge is 0.467 e. The maximum absolute atomic E-state index is 10.8. The van der Waals surface area contributed by atoms with E-state index < -0.39 is 10.0 Å². The van der Waals surface area contributed by atoms with Gasteiger partial charge in [-0.25, -0.2) is 13.1 Å². The van der Waals surface area contributed by atoms with E-state index in [1.807, 2.05) is 12.1 Å². The van der Waals surface area contributed by atoms with Crippen LogP contribution in [0.1, 0.15) is 5.76 Å². The smallest absolute Gasteiger partial charge is 0.208 e. The van der Waals surface area contributed by atoms with Crippen molar-refractivity contribution in [3.05, 3.63) is 24.2 Å². The highest BCUT2D eigenvalue weighted by Crippen LogP contribution is 1.97. The quantitative estimate of drug-likeness (QED) is 0.369. The summed E-state index contributed by atoms with van der Waals surface area (Å²) >= 11 is 0. The Bertz CT molecular complexity index is 467. The number of sulfonamides is 1. The number of nitrogens with zero attached hydrogens (tertiary/aromatic N) is 1. The number of nitrogens with one attached hydrogen (secondary N) is 3. The fraction of sp³-hybridized carbons (Fsp3) is 0.500. The lowest BCUT2D eigenvalue weighted by Gasteiger charge is -2.10. The summed E-state index contributed by atoms with van der Waals surface area (Å²) in [5.74, 6) is 1.38. The van der Waals surface area contributed by atoms with Gasteiger partial charge in [-0.05, 0) is 12.1 Å². The standard InChI is InChI=1S/C10H18N4O3S/c1-11-10(12-5-6-14-18(2,15)16)13-8-9-4-3-7-17-9/h3-4,7,14H,5-6,8H2,1-2H3,(H2,11,12,13). The average Bonchev–Trinajstić information content (AvgIpc) is 2.79. The molecule has 0 bridgehead atoms. The van der Waals surface area contributed by atoms with Gasteiger partial charge in [-0.2, -0.15) is 0 Å². The van der Waals surface area contributed by atoms with Gasteiger partial charge in [0, 0.05) is 20.1 Å². The SMILES string of the molecule is CN=C(NCCNS(C)(=O)=O)NCc1ccco1. The van der Waals surface area contributed by atoms with Gasteiger partial charge in [0.1, 0.15) is 5.76 Å². The first-order chi connectivity index (χ1) is 8.51. The molecule has 0 unspecified atom stereocenters. The van der Waals surface area contributed by atoms with Crippen LogP contribution in [-0.4, -0.2) is 40.8 Å². The Kier molecular flexibility index (Phi) is 5.66. The highest BCUT2D eigenvalue weighted by molar-refractivity contribution is 7.88. The molecule has 0 saturated heterocycles. The first-order valence-corrected chi connectivity index (χ1v) is 7.32. The van der Waals surface area contributed by atoms with Gasteiger partial charge in [0.25, 0.3) is 0 Å². The van der Waals surface area contributed by atoms with Gasteiger partial charge in [-0.1, -0.05) is 0 Å². The van der Waals surface area contributed by atoms with Crippen molar-refractivity contribution < 1.29 is 12.8 Å². The van der Waals surface area contributed by atoms with Crippen LogP contribution in [0, 0.1) is 0 Å². The zero-order valence-electron chi connectivity index (χ0n) is 10.4. The zero-order valence-corrected chi connectivity index (χ0v) is 11.3. The van der Waals surface area contributed by atoms with Crippen LogP contribution >= 0.6 is 0 Å². The lowest BCUT2D eigenvalue weighted by atomic mass is 10.4. The Labute approximate surface area is 107 Å². The number of hydrogen-bond acceptors (Lipinski definition) is 4. The minimum atomic E-state index is -3.14. The molecule has 0 atom stereocenters. The number of aliphatic imine (C=N–C) groups is 1. The molecule has 0 aliphatic carbocycles. The predicted octanol–water partition coefficient (Wildman–Crippen LogP) is -0.506. The maximum atomic E-state index is 10.8. The molecule has 8 heteroatoms. The van der Waals surface area contributed by atoms with Gasteiger partial charge in [0.2, 0.25) is 10.0 Å². The normalized spacial score (nSPS) is 12.4. The van der Waals surface area contributed by atoms with E-state index in [1.165, 1.54) is 0 Å². The molecule has 102 valence electrons. The summed E-state index contributed by atoms with van der Waals surface area (Å²) in [5.41, 5.74) is 0. The van der Waals surface area contributed by atoms with Crippen LogP contribution in [0.5, 0.6) is 0 Å². The van der Waals surface area contributed by atoms with E-state index in [1.54, 1.807) is 13.3 Å².